The van der Waals surface area contributed by atoms with E-state index in [4.69, 9.17) is 20.9 Å². The zero-order valence-corrected chi connectivity index (χ0v) is 25.2. The van der Waals surface area contributed by atoms with E-state index >= 15 is 0 Å². The van der Waals surface area contributed by atoms with Gasteiger partial charge >= 0.3 is 6.18 Å². The topological polar surface area (TPSA) is 180 Å². The summed E-state index contributed by atoms with van der Waals surface area (Å²) >= 11 is 0. The Morgan fingerprint density at radius 2 is 1.77 bits per heavy atom. The molecular formula is C32H29F4N5O6. The van der Waals surface area contributed by atoms with Crippen LogP contribution < -0.4 is 26.3 Å². The van der Waals surface area contributed by atoms with E-state index in [1.165, 1.54) is 51.2 Å². The summed E-state index contributed by atoms with van der Waals surface area (Å²) in [4.78, 5) is 46.0. The normalized spacial score (nSPS) is 17.4. The van der Waals surface area contributed by atoms with Crippen molar-refractivity contribution in [3.8, 4) is 22.8 Å². The number of primary amides is 2. The molecule has 5 rings (SSSR count). The smallest absolute Gasteiger partial charge is 0.424 e. The van der Waals surface area contributed by atoms with Crippen LogP contribution >= 0.6 is 0 Å². The molecule has 3 amide bonds. The van der Waals surface area contributed by atoms with Crippen LogP contribution in [0.4, 0.5) is 17.6 Å². The van der Waals surface area contributed by atoms with Gasteiger partial charge < -0.3 is 31.4 Å². The maximum atomic E-state index is 14.8. The minimum atomic E-state index is -5.42. The number of benzene rings is 2. The van der Waals surface area contributed by atoms with Crippen molar-refractivity contribution in [3.05, 3.63) is 83.4 Å². The lowest BCUT2D eigenvalue weighted by Gasteiger charge is -2.31. The highest BCUT2D eigenvalue weighted by atomic mass is 19.4. The van der Waals surface area contributed by atoms with Crippen LogP contribution in [0.25, 0.3) is 22.2 Å². The number of nitrogens with two attached hydrogens (primary N) is 2. The molecule has 2 aromatic carbocycles. The fourth-order valence-corrected chi connectivity index (χ4v) is 4.94. The van der Waals surface area contributed by atoms with Crippen molar-refractivity contribution in [1.82, 2.24) is 15.3 Å². The first-order chi connectivity index (χ1) is 21.9. The minimum absolute atomic E-state index is 0.0434. The Balaban J connectivity index is 1.57. The Labute approximate surface area is 264 Å². The van der Waals surface area contributed by atoms with E-state index in [-0.39, 0.29) is 46.0 Å². The summed E-state index contributed by atoms with van der Waals surface area (Å²) in [6.45, 7) is 2.39. The zero-order valence-electron chi connectivity index (χ0n) is 25.2. The molecule has 3 heterocycles. The number of ether oxygens (including phenoxy) is 2. The van der Waals surface area contributed by atoms with E-state index in [1.54, 1.807) is 12.1 Å². The third-order valence-corrected chi connectivity index (χ3v) is 8.02. The molecule has 0 spiro atoms. The summed E-state index contributed by atoms with van der Waals surface area (Å²) in [6.07, 6.45) is -3.98. The van der Waals surface area contributed by atoms with Gasteiger partial charge in [0.2, 0.25) is 11.5 Å². The van der Waals surface area contributed by atoms with Crippen LogP contribution in [-0.2, 0) is 20.6 Å². The summed E-state index contributed by atoms with van der Waals surface area (Å²) in [5, 5.41) is 13.8. The van der Waals surface area contributed by atoms with E-state index < -0.39 is 58.6 Å². The number of halogens is 4. The number of hydrogen-bond donors (Lipinski definition) is 4. The van der Waals surface area contributed by atoms with E-state index in [0.29, 0.717) is 5.39 Å². The molecule has 0 aliphatic carbocycles. The fraction of sp³-hybridized carbons (Fsp3) is 0.281. The number of carbonyl (C=O) groups excluding carboxylic acids is 3. The van der Waals surface area contributed by atoms with Crippen LogP contribution in [0.1, 0.15) is 42.4 Å². The highest BCUT2D eigenvalue weighted by Crippen LogP contribution is 2.47. The van der Waals surface area contributed by atoms with E-state index in [1.807, 2.05) is 0 Å². The lowest BCUT2D eigenvalue weighted by Crippen LogP contribution is -2.51. The van der Waals surface area contributed by atoms with Gasteiger partial charge in [-0.15, -0.1) is 0 Å². The van der Waals surface area contributed by atoms with Crippen LogP contribution in [0.5, 0.6) is 11.5 Å². The van der Waals surface area contributed by atoms with Crippen LogP contribution in [0, 0.1) is 5.82 Å². The molecule has 0 saturated heterocycles. The number of pyridine rings is 2. The first-order valence-electron chi connectivity index (χ1n) is 14.1. The van der Waals surface area contributed by atoms with Gasteiger partial charge in [0.05, 0.1) is 12.2 Å². The van der Waals surface area contributed by atoms with Gasteiger partial charge in [-0.1, -0.05) is 6.07 Å². The lowest BCUT2D eigenvalue weighted by molar-refractivity contribution is -0.265. The highest BCUT2D eigenvalue weighted by Gasteiger charge is 2.57. The Kier molecular flexibility index (Phi) is 8.08. The molecule has 6 N–H and O–H groups in total. The summed E-state index contributed by atoms with van der Waals surface area (Å²) in [7, 11) is 0. The zero-order chi connectivity index (χ0) is 34.5. The molecule has 0 fully saturated rings. The standard InChI is InChI=1S/C32H29F4N5O6/c1-29(2,27(37)43)47-21-12-18(11-17-5-4-10-39-23(17)21)26(42)40-14-31(45,32(34,35)36)22-13-20-25(46-15-30(20,3)28(38)44)24(41-22)16-6-8-19(33)9-7-16/h4-13,45H,14-15H2,1-3H3,(H2,37,43)(H2,38,44)(H,40,42)/t30-,31?/m0/s1. The lowest BCUT2D eigenvalue weighted by atomic mass is 9.81. The Morgan fingerprint density at radius 1 is 1.09 bits per heavy atom. The van der Waals surface area contributed by atoms with Crippen molar-refractivity contribution in [2.45, 2.75) is 43.6 Å². The largest absolute Gasteiger partial charge is 0.489 e. The molecule has 2 aromatic heterocycles. The second kappa shape index (κ2) is 11.5. The average molecular weight is 656 g/mol. The summed E-state index contributed by atoms with van der Waals surface area (Å²) in [5.74, 6) is -3.53. The molecule has 0 saturated carbocycles. The van der Waals surface area contributed by atoms with Crippen molar-refractivity contribution in [2.75, 3.05) is 13.2 Å². The first-order valence-corrected chi connectivity index (χ1v) is 14.1. The second-order valence-electron chi connectivity index (χ2n) is 11.8. The van der Waals surface area contributed by atoms with E-state index in [9.17, 15) is 37.1 Å². The van der Waals surface area contributed by atoms with Crippen molar-refractivity contribution in [3.63, 3.8) is 0 Å². The quantitative estimate of drug-likeness (QED) is 0.198. The number of rotatable bonds is 9. The summed E-state index contributed by atoms with van der Waals surface area (Å²) < 4.78 is 69.5. The summed E-state index contributed by atoms with van der Waals surface area (Å²) in [5.41, 5.74) is 2.99. The van der Waals surface area contributed by atoms with Crippen LogP contribution in [0.3, 0.4) is 0 Å². The third kappa shape index (κ3) is 5.89. The molecule has 0 bridgehead atoms. The number of nitrogens with zero attached hydrogens (tertiary/aromatic N) is 2. The molecule has 47 heavy (non-hydrogen) atoms. The second-order valence-corrected chi connectivity index (χ2v) is 11.8. The molecule has 15 heteroatoms. The number of amides is 3. The van der Waals surface area contributed by atoms with Crippen LogP contribution in [0.15, 0.2) is 60.8 Å². The predicted molar refractivity (Wildman–Crippen MR) is 160 cm³/mol. The SMILES string of the molecule is CC(C)(Oc1cc(C(=O)NCC(O)(c2cc3c(c(-c4ccc(F)cc4)n2)OC[C@]3(C)C(N)=O)C(F)(F)F)cc2cccnc12)C(N)=O. The molecule has 2 atom stereocenters. The van der Waals surface area contributed by atoms with Crippen molar-refractivity contribution >= 4 is 28.6 Å². The van der Waals surface area contributed by atoms with Crippen molar-refractivity contribution < 1.29 is 46.5 Å². The number of carbonyl (C=O) groups is 3. The molecule has 1 aliphatic heterocycles. The number of hydrogen-bond acceptors (Lipinski definition) is 8. The Hall–Kier alpha value is -5.31. The fourth-order valence-electron chi connectivity index (χ4n) is 4.94. The van der Waals surface area contributed by atoms with Gasteiger partial charge in [-0.25, -0.2) is 9.37 Å². The predicted octanol–water partition coefficient (Wildman–Crippen LogP) is 3.39. The van der Waals surface area contributed by atoms with Gasteiger partial charge in [0.1, 0.15) is 40.5 Å². The average Bonchev–Trinajstić information content (AvgIpc) is 3.36. The van der Waals surface area contributed by atoms with Gasteiger partial charge in [-0.2, -0.15) is 13.2 Å². The number of aromatic nitrogens is 2. The van der Waals surface area contributed by atoms with Crippen molar-refractivity contribution in [2.24, 2.45) is 11.5 Å². The molecule has 4 aromatic rings. The molecule has 246 valence electrons. The first kappa shape index (κ1) is 33.1. The van der Waals surface area contributed by atoms with Gasteiger partial charge in [0.15, 0.2) is 5.60 Å². The van der Waals surface area contributed by atoms with Gasteiger partial charge in [-0.05, 0) is 69.3 Å². The van der Waals surface area contributed by atoms with Crippen LogP contribution in [-0.4, -0.2) is 57.7 Å². The maximum Gasteiger partial charge on any atom is 0.424 e. The summed E-state index contributed by atoms with van der Waals surface area (Å²) in [6, 6.07) is 11.1. The Bertz CT molecular complexity index is 1920. The molecule has 1 aliphatic rings. The highest BCUT2D eigenvalue weighted by molar-refractivity contribution is 6.00. The number of aliphatic hydroxyl groups is 1. The minimum Gasteiger partial charge on any atom is -0.489 e. The molecule has 0 radical (unpaired) electrons. The molecule has 1 unspecified atom stereocenters. The van der Waals surface area contributed by atoms with Gasteiger partial charge in [0.25, 0.3) is 11.8 Å². The molecule has 11 nitrogen and oxygen atoms in total. The monoisotopic (exact) mass is 655 g/mol. The van der Waals surface area contributed by atoms with E-state index in [0.717, 1.165) is 18.2 Å². The van der Waals surface area contributed by atoms with Crippen LogP contribution in [0.2, 0.25) is 0 Å². The maximum absolute atomic E-state index is 14.8. The van der Waals surface area contributed by atoms with E-state index in [2.05, 4.69) is 15.3 Å². The number of alkyl halides is 3. The Morgan fingerprint density at radius 3 is 2.38 bits per heavy atom. The van der Waals surface area contributed by atoms with Gasteiger partial charge in [-0.3, -0.25) is 19.4 Å². The third-order valence-electron chi connectivity index (χ3n) is 8.02. The number of nitrogens with one attached hydrogen (secondary N) is 1. The van der Waals surface area contributed by atoms with Crippen molar-refractivity contribution in [1.29, 1.82) is 0 Å². The molecular weight excluding hydrogens is 626 g/mol. The van der Waals surface area contributed by atoms with Gasteiger partial charge in [0, 0.05) is 28.3 Å². The number of fused-ring (bicyclic) bond motifs is 2.